The number of aromatic nitrogens is 1. The number of carbonyl (C=O) groups excluding carboxylic acids is 2. The summed E-state index contributed by atoms with van der Waals surface area (Å²) in [6.45, 7) is 7.70. The third-order valence-corrected chi connectivity index (χ3v) is 10.8. The highest BCUT2D eigenvalue weighted by molar-refractivity contribution is 7.80. The molecule has 0 radical (unpaired) electrons. The summed E-state index contributed by atoms with van der Waals surface area (Å²) < 4.78 is 44.2. The number of fused-ring (bicyclic) bond motifs is 5. The van der Waals surface area contributed by atoms with Crippen LogP contribution in [0.4, 0.5) is 0 Å². The highest BCUT2D eigenvalue weighted by Crippen LogP contribution is 2.68. The second-order valence-electron chi connectivity index (χ2n) is 12.1. The van der Waals surface area contributed by atoms with E-state index >= 15 is 0 Å². The van der Waals surface area contributed by atoms with Crippen LogP contribution >= 0.6 is 0 Å². The van der Waals surface area contributed by atoms with Gasteiger partial charge in [0, 0.05) is 30.9 Å². The fourth-order valence-electron chi connectivity index (χ4n) is 8.76. The standard InChI is InChI=1S/C23H36O7S.C5H5N/c1-13(24)17-5-6-18-21-19(8-10-23(17,18)4)22(3)9-7-16(30-31(26,27)28)11-15(22)12-20(21)29-14(2)25;1-2-4-6-5-3-1/h15-21H,5-12H2,1-4H3,(H,26,27,28);1-5H/t15-,16+,17+,18-,19-,20+,21-,22-,23+;/m0./s1. The fourth-order valence-corrected chi connectivity index (χ4v) is 9.27. The second kappa shape index (κ2) is 10.7. The molecular formula is C28H41NO7S. The van der Waals surface area contributed by atoms with Crippen LogP contribution in [0.25, 0.3) is 0 Å². The van der Waals surface area contributed by atoms with Crippen LogP contribution in [-0.4, -0.2) is 36.9 Å². The molecule has 1 heterocycles. The van der Waals surface area contributed by atoms with Crippen molar-refractivity contribution in [2.24, 2.45) is 40.4 Å². The maximum Gasteiger partial charge on any atom is 0.302 e. The molecule has 0 spiro atoms. The highest BCUT2D eigenvalue weighted by atomic mass is 32.3. The van der Waals surface area contributed by atoms with Crippen molar-refractivity contribution in [2.45, 2.75) is 91.3 Å². The number of ketones is 1. The maximum atomic E-state index is 12.4. The third kappa shape index (κ3) is 5.78. The van der Waals surface area contributed by atoms with Crippen LogP contribution in [-0.2, 0) is 28.9 Å². The lowest BCUT2D eigenvalue weighted by atomic mass is 9.44. The molecule has 0 unspecified atom stereocenters. The molecule has 4 aliphatic carbocycles. The molecule has 0 aliphatic heterocycles. The number of esters is 1. The van der Waals surface area contributed by atoms with Crippen molar-refractivity contribution in [3.8, 4) is 0 Å². The summed E-state index contributed by atoms with van der Waals surface area (Å²) in [6, 6.07) is 5.86. The minimum absolute atomic E-state index is 0.0105. The largest absolute Gasteiger partial charge is 0.726 e. The van der Waals surface area contributed by atoms with Gasteiger partial charge in [0.25, 0.3) is 0 Å². The molecule has 206 valence electrons. The third-order valence-electron chi connectivity index (χ3n) is 10.3. The zero-order valence-electron chi connectivity index (χ0n) is 22.4. The molecule has 9 heteroatoms. The van der Waals surface area contributed by atoms with Crippen LogP contribution in [0, 0.1) is 40.4 Å². The maximum absolute atomic E-state index is 12.4. The number of hydrogen-bond acceptors (Lipinski definition) is 7. The first-order valence-electron chi connectivity index (χ1n) is 13.6. The van der Waals surface area contributed by atoms with Crippen LogP contribution in [0.3, 0.4) is 0 Å². The smallest absolute Gasteiger partial charge is 0.302 e. The van der Waals surface area contributed by atoms with E-state index in [4.69, 9.17) is 8.92 Å². The normalized spacial score (nSPS) is 40.7. The minimum atomic E-state index is -4.74. The quantitative estimate of drug-likeness (QED) is 0.323. The number of rotatable bonds is 4. The molecule has 0 amide bonds. The number of H-pyrrole nitrogens is 1. The summed E-state index contributed by atoms with van der Waals surface area (Å²) in [5, 5.41) is 0. The van der Waals surface area contributed by atoms with Crippen molar-refractivity contribution < 1.29 is 36.5 Å². The van der Waals surface area contributed by atoms with E-state index in [0.717, 1.165) is 32.1 Å². The topological polar surface area (TPSA) is 124 Å². The number of ether oxygens (including phenoxy) is 1. The number of aromatic amines is 1. The van der Waals surface area contributed by atoms with Crippen molar-refractivity contribution in [2.75, 3.05) is 0 Å². The van der Waals surface area contributed by atoms with Crippen LogP contribution in [0.2, 0.25) is 0 Å². The lowest BCUT2D eigenvalue weighted by Crippen LogP contribution is -2.59. The van der Waals surface area contributed by atoms with Crippen molar-refractivity contribution in [1.82, 2.24) is 0 Å². The molecule has 9 atom stereocenters. The van der Waals surface area contributed by atoms with Gasteiger partial charge in [0.2, 0.25) is 10.4 Å². The molecule has 4 saturated carbocycles. The predicted octanol–water partition coefficient (Wildman–Crippen LogP) is 4.12. The monoisotopic (exact) mass is 535 g/mol. The first-order chi connectivity index (χ1) is 17.3. The van der Waals surface area contributed by atoms with Gasteiger partial charge in [-0.2, -0.15) is 0 Å². The molecule has 4 aliphatic rings. The van der Waals surface area contributed by atoms with E-state index in [9.17, 15) is 22.6 Å². The van der Waals surface area contributed by atoms with Gasteiger partial charge in [0.05, 0.1) is 6.10 Å². The average Bonchev–Trinajstić information content (AvgIpc) is 3.17. The Balaban J connectivity index is 0.000000469. The van der Waals surface area contributed by atoms with Gasteiger partial charge in [0.1, 0.15) is 11.9 Å². The van der Waals surface area contributed by atoms with Crippen molar-refractivity contribution in [3.63, 3.8) is 0 Å². The van der Waals surface area contributed by atoms with Crippen LogP contribution in [0.1, 0.15) is 79.1 Å². The van der Waals surface area contributed by atoms with E-state index in [1.54, 1.807) is 6.92 Å². The first-order valence-corrected chi connectivity index (χ1v) is 14.9. The summed E-state index contributed by atoms with van der Waals surface area (Å²) in [5.41, 5.74) is -0.0605. The Morgan fingerprint density at radius 3 is 2.11 bits per heavy atom. The molecular weight excluding hydrogens is 494 g/mol. The average molecular weight is 536 g/mol. The van der Waals surface area contributed by atoms with Gasteiger partial charge in [-0.1, -0.05) is 19.9 Å². The molecule has 8 nitrogen and oxygen atoms in total. The minimum Gasteiger partial charge on any atom is -0.726 e. The van der Waals surface area contributed by atoms with Gasteiger partial charge < -0.3 is 9.29 Å². The molecule has 5 rings (SSSR count). The van der Waals surface area contributed by atoms with Crippen molar-refractivity contribution in [3.05, 3.63) is 30.6 Å². The number of carbonyl (C=O) groups is 2. The SMILES string of the molecule is CC(=O)O[C@@H]1C[C@@H]2C[C@H](OS(=O)(=O)[O-])CC[C@]2(C)[C@H]2CC[C@]3(C)[C@@H](C(C)=O)CC[C@H]3[C@H]12.c1cc[nH+]cc1. The number of nitrogens with one attached hydrogen (secondary N) is 1. The highest BCUT2D eigenvalue weighted by Gasteiger charge is 2.64. The summed E-state index contributed by atoms with van der Waals surface area (Å²) >= 11 is 0. The second-order valence-corrected chi connectivity index (χ2v) is 13.1. The molecule has 1 aromatic rings. The molecule has 4 fully saturated rings. The Labute approximate surface area is 220 Å². The van der Waals surface area contributed by atoms with Crippen molar-refractivity contribution in [1.29, 1.82) is 0 Å². The van der Waals surface area contributed by atoms with E-state index in [2.05, 4.69) is 18.8 Å². The van der Waals surface area contributed by atoms with E-state index in [1.807, 2.05) is 30.6 Å². The van der Waals surface area contributed by atoms with Gasteiger partial charge >= 0.3 is 5.97 Å². The van der Waals surface area contributed by atoms with Crippen LogP contribution in [0.15, 0.2) is 30.6 Å². The first kappa shape index (κ1) is 28.2. The van der Waals surface area contributed by atoms with Crippen LogP contribution < -0.4 is 4.98 Å². The van der Waals surface area contributed by atoms with Gasteiger partial charge in [0.15, 0.2) is 12.4 Å². The fraction of sp³-hybridized carbons (Fsp3) is 0.750. The summed E-state index contributed by atoms with van der Waals surface area (Å²) in [7, 11) is -4.74. The van der Waals surface area contributed by atoms with Crippen molar-refractivity contribution >= 4 is 22.2 Å². The van der Waals surface area contributed by atoms with Gasteiger partial charge in [-0.15, -0.1) is 0 Å². The summed E-state index contributed by atoms with van der Waals surface area (Å²) in [6.07, 6.45) is 9.29. The number of pyridine rings is 1. The zero-order chi connectivity index (χ0) is 27.0. The van der Waals surface area contributed by atoms with E-state index < -0.39 is 16.5 Å². The van der Waals surface area contributed by atoms with E-state index in [1.165, 1.54) is 6.92 Å². The lowest BCUT2D eigenvalue weighted by molar-refractivity contribution is -0.377. The Hall–Kier alpha value is -1.84. The van der Waals surface area contributed by atoms with E-state index in [0.29, 0.717) is 31.1 Å². The van der Waals surface area contributed by atoms with E-state index in [-0.39, 0.29) is 46.4 Å². The summed E-state index contributed by atoms with van der Waals surface area (Å²) in [5.74, 6) is 1.09. The molecule has 1 aromatic heterocycles. The molecule has 37 heavy (non-hydrogen) atoms. The lowest BCUT2D eigenvalue weighted by Gasteiger charge is -2.62. The van der Waals surface area contributed by atoms with Crippen LogP contribution in [0.5, 0.6) is 0 Å². The van der Waals surface area contributed by atoms with Gasteiger partial charge in [-0.25, -0.2) is 13.4 Å². The Kier molecular flexibility index (Phi) is 8.17. The molecule has 0 bridgehead atoms. The Morgan fingerprint density at radius 1 is 0.919 bits per heavy atom. The summed E-state index contributed by atoms with van der Waals surface area (Å²) in [4.78, 5) is 27.3. The van der Waals surface area contributed by atoms with Gasteiger partial charge in [-0.05, 0) is 86.9 Å². The Bertz CT molecular complexity index is 1050. The molecule has 0 aromatic carbocycles. The molecule has 0 saturated heterocycles. The number of Topliss-reactive ketones (excluding diaryl/α,β-unsaturated/α-hetero) is 1. The zero-order valence-corrected chi connectivity index (χ0v) is 23.2. The molecule has 1 N–H and O–H groups in total. The number of hydrogen-bond donors (Lipinski definition) is 0. The predicted molar refractivity (Wildman–Crippen MR) is 134 cm³/mol. The Morgan fingerprint density at radius 2 is 1.57 bits per heavy atom. The van der Waals surface area contributed by atoms with Gasteiger partial charge in [-0.3, -0.25) is 13.8 Å².